The fourth-order valence-electron chi connectivity index (χ4n) is 4.65. The normalized spacial score (nSPS) is 14.6. The third kappa shape index (κ3) is 5.66. The average molecular weight is 506 g/mol. The summed E-state index contributed by atoms with van der Waals surface area (Å²) >= 11 is 0. The van der Waals surface area contributed by atoms with Crippen molar-refractivity contribution in [1.82, 2.24) is 29.7 Å². The summed E-state index contributed by atoms with van der Waals surface area (Å²) in [4.78, 5) is 22.0. The van der Waals surface area contributed by atoms with Crippen molar-refractivity contribution in [3.05, 3.63) is 96.6 Å². The molecule has 2 aromatic heterocycles. The smallest absolute Gasteiger partial charge is 0.141 e. The minimum atomic E-state index is 0.539. The third-order valence-corrected chi connectivity index (χ3v) is 6.89. The molecule has 0 bridgehead atoms. The van der Waals surface area contributed by atoms with E-state index in [0.29, 0.717) is 6.61 Å². The maximum absolute atomic E-state index is 5.92. The van der Waals surface area contributed by atoms with Gasteiger partial charge in [-0.15, -0.1) is 0 Å². The third-order valence-electron chi connectivity index (χ3n) is 6.89. The highest BCUT2D eigenvalue weighted by Crippen LogP contribution is 2.28. The zero-order chi connectivity index (χ0) is 25.7. The summed E-state index contributed by atoms with van der Waals surface area (Å²) in [5.41, 5.74) is 5.07. The number of aromatic nitrogens is 4. The number of likely N-dealkylation sites (N-methyl/N-ethyl adjacent to an activating group) is 1. The SMILES string of the molecule is CN1CCN(Cc2cnc(-c3ccc4ncnc(Nc5ccc(OCc6ccccc6)cc5)c4c3)[nH]2)CC1. The van der Waals surface area contributed by atoms with Crippen LogP contribution in [0.1, 0.15) is 11.3 Å². The highest BCUT2D eigenvalue weighted by Gasteiger charge is 2.15. The van der Waals surface area contributed by atoms with E-state index in [-0.39, 0.29) is 0 Å². The molecular weight excluding hydrogens is 474 g/mol. The van der Waals surface area contributed by atoms with Crippen LogP contribution in [0, 0.1) is 0 Å². The molecule has 8 nitrogen and oxygen atoms in total. The Morgan fingerprint density at radius 2 is 1.71 bits per heavy atom. The topological polar surface area (TPSA) is 82.2 Å². The maximum atomic E-state index is 5.92. The van der Waals surface area contributed by atoms with Crippen molar-refractivity contribution in [3.8, 4) is 17.1 Å². The number of piperazine rings is 1. The largest absolute Gasteiger partial charge is 0.489 e. The van der Waals surface area contributed by atoms with Gasteiger partial charge in [-0.05, 0) is 55.1 Å². The molecule has 0 amide bonds. The average Bonchev–Trinajstić information content (AvgIpc) is 3.43. The molecule has 1 saturated heterocycles. The van der Waals surface area contributed by atoms with Gasteiger partial charge in [0.2, 0.25) is 0 Å². The molecule has 1 aliphatic heterocycles. The Morgan fingerprint density at radius 3 is 2.53 bits per heavy atom. The van der Waals surface area contributed by atoms with Crippen LogP contribution < -0.4 is 10.1 Å². The summed E-state index contributed by atoms with van der Waals surface area (Å²) in [6.45, 7) is 5.78. The van der Waals surface area contributed by atoms with Gasteiger partial charge in [-0.3, -0.25) is 4.90 Å². The number of anilines is 2. The van der Waals surface area contributed by atoms with Crippen LogP contribution in [0.25, 0.3) is 22.3 Å². The molecule has 1 aliphatic rings. The van der Waals surface area contributed by atoms with Crippen LogP contribution in [0.15, 0.2) is 85.3 Å². The molecule has 0 saturated carbocycles. The molecule has 0 aliphatic carbocycles. The predicted octanol–water partition coefficient (Wildman–Crippen LogP) is 5.09. The van der Waals surface area contributed by atoms with Gasteiger partial charge in [0.15, 0.2) is 0 Å². The first-order valence-electron chi connectivity index (χ1n) is 12.9. The van der Waals surface area contributed by atoms with Crippen molar-refractivity contribution in [2.24, 2.45) is 0 Å². The van der Waals surface area contributed by atoms with Crippen LogP contribution in [0.4, 0.5) is 11.5 Å². The Morgan fingerprint density at radius 1 is 0.895 bits per heavy atom. The van der Waals surface area contributed by atoms with Crippen LogP contribution in [0.2, 0.25) is 0 Å². The standard InChI is InChI=1S/C30H31N7O/c1-36-13-15-37(16-14-36)19-25-18-31-29(35-25)23-7-12-28-27(17-23)30(33-21-32-28)34-24-8-10-26(11-9-24)38-20-22-5-3-2-4-6-22/h2-12,17-18,21H,13-16,19-20H2,1H3,(H,31,35)(H,32,33,34). The summed E-state index contributed by atoms with van der Waals surface area (Å²) in [6.07, 6.45) is 3.53. The van der Waals surface area contributed by atoms with Gasteiger partial charge in [-0.2, -0.15) is 0 Å². The number of benzene rings is 3. The number of imidazole rings is 1. The molecule has 3 heterocycles. The summed E-state index contributed by atoms with van der Waals surface area (Å²) < 4.78 is 5.92. The molecule has 192 valence electrons. The lowest BCUT2D eigenvalue weighted by Crippen LogP contribution is -2.43. The highest BCUT2D eigenvalue weighted by molar-refractivity contribution is 5.93. The number of hydrogen-bond donors (Lipinski definition) is 2. The lowest BCUT2D eigenvalue weighted by Gasteiger charge is -2.31. The van der Waals surface area contributed by atoms with Gasteiger partial charge in [-0.1, -0.05) is 30.3 Å². The molecule has 0 radical (unpaired) electrons. The molecule has 0 spiro atoms. The molecule has 3 aromatic carbocycles. The second-order valence-corrected chi connectivity index (χ2v) is 9.71. The molecular formula is C30H31N7O. The highest BCUT2D eigenvalue weighted by atomic mass is 16.5. The Kier molecular flexibility index (Phi) is 6.97. The number of rotatable bonds is 8. The second-order valence-electron chi connectivity index (χ2n) is 9.71. The second kappa shape index (κ2) is 11.0. The molecule has 0 unspecified atom stereocenters. The van der Waals surface area contributed by atoms with E-state index in [9.17, 15) is 0 Å². The summed E-state index contributed by atoms with van der Waals surface area (Å²) in [6, 6.07) is 24.2. The Balaban J connectivity index is 1.16. The Labute approximate surface area is 222 Å². The number of nitrogens with zero attached hydrogens (tertiary/aromatic N) is 5. The van der Waals surface area contributed by atoms with Crippen molar-refractivity contribution in [2.75, 3.05) is 38.5 Å². The number of aromatic amines is 1. The maximum Gasteiger partial charge on any atom is 0.141 e. The minimum Gasteiger partial charge on any atom is -0.489 e. The Hall–Kier alpha value is -4.27. The monoisotopic (exact) mass is 505 g/mol. The van der Waals surface area contributed by atoms with Gasteiger partial charge in [0.25, 0.3) is 0 Å². The van der Waals surface area contributed by atoms with Crippen LogP contribution in [0.3, 0.4) is 0 Å². The van der Waals surface area contributed by atoms with Crippen LogP contribution in [-0.2, 0) is 13.2 Å². The summed E-state index contributed by atoms with van der Waals surface area (Å²) in [7, 11) is 2.18. The van der Waals surface area contributed by atoms with Crippen LogP contribution in [0.5, 0.6) is 5.75 Å². The van der Waals surface area contributed by atoms with E-state index < -0.39 is 0 Å². The number of fused-ring (bicyclic) bond motifs is 1. The van der Waals surface area contributed by atoms with E-state index in [1.54, 1.807) is 6.33 Å². The fraction of sp³-hybridized carbons (Fsp3) is 0.233. The molecule has 0 atom stereocenters. The lowest BCUT2D eigenvalue weighted by atomic mass is 10.1. The van der Waals surface area contributed by atoms with E-state index in [4.69, 9.17) is 4.74 Å². The van der Waals surface area contributed by atoms with Crippen molar-refractivity contribution < 1.29 is 4.74 Å². The number of nitrogens with one attached hydrogen (secondary N) is 2. The lowest BCUT2D eigenvalue weighted by molar-refractivity contribution is 0.147. The van der Waals surface area contributed by atoms with Crippen molar-refractivity contribution >= 4 is 22.4 Å². The van der Waals surface area contributed by atoms with Crippen molar-refractivity contribution in [1.29, 1.82) is 0 Å². The number of hydrogen-bond acceptors (Lipinski definition) is 7. The first-order valence-corrected chi connectivity index (χ1v) is 12.9. The minimum absolute atomic E-state index is 0.539. The van der Waals surface area contributed by atoms with Gasteiger partial charge < -0.3 is 19.9 Å². The number of ether oxygens (including phenoxy) is 1. The van der Waals surface area contributed by atoms with Gasteiger partial charge in [-0.25, -0.2) is 15.0 Å². The molecule has 8 heteroatoms. The Bertz CT molecular complexity index is 1490. The van der Waals surface area contributed by atoms with E-state index in [1.807, 2.05) is 54.7 Å². The van der Waals surface area contributed by atoms with Crippen LogP contribution >= 0.6 is 0 Å². The first-order chi connectivity index (χ1) is 18.7. The van der Waals surface area contributed by atoms with E-state index >= 15 is 0 Å². The molecule has 5 aromatic rings. The van der Waals surface area contributed by atoms with Gasteiger partial charge >= 0.3 is 0 Å². The summed E-state index contributed by atoms with van der Waals surface area (Å²) in [5, 5.41) is 4.38. The fourth-order valence-corrected chi connectivity index (χ4v) is 4.65. The van der Waals surface area contributed by atoms with Crippen molar-refractivity contribution in [3.63, 3.8) is 0 Å². The quantitative estimate of drug-likeness (QED) is 0.304. The molecule has 2 N–H and O–H groups in total. The first kappa shape index (κ1) is 24.1. The number of H-pyrrole nitrogens is 1. The zero-order valence-corrected chi connectivity index (χ0v) is 21.5. The molecule has 38 heavy (non-hydrogen) atoms. The predicted molar refractivity (Wildman–Crippen MR) is 150 cm³/mol. The molecule has 6 rings (SSSR count). The van der Waals surface area contributed by atoms with E-state index in [2.05, 4.69) is 66.4 Å². The van der Waals surface area contributed by atoms with E-state index in [0.717, 1.165) is 83.5 Å². The zero-order valence-electron chi connectivity index (χ0n) is 21.5. The van der Waals surface area contributed by atoms with Crippen LogP contribution in [-0.4, -0.2) is 63.0 Å². The van der Waals surface area contributed by atoms with Gasteiger partial charge in [0, 0.05) is 61.3 Å². The van der Waals surface area contributed by atoms with Crippen molar-refractivity contribution in [2.45, 2.75) is 13.2 Å². The van der Waals surface area contributed by atoms with E-state index in [1.165, 1.54) is 0 Å². The van der Waals surface area contributed by atoms with Gasteiger partial charge in [0.05, 0.1) is 5.52 Å². The van der Waals surface area contributed by atoms with Gasteiger partial charge in [0.1, 0.15) is 30.3 Å². The summed E-state index contributed by atoms with van der Waals surface area (Å²) in [5.74, 6) is 2.42. The molecule has 1 fully saturated rings.